The minimum atomic E-state index is -1.68. The molecule has 0 radical (unpaired) electrons. The molecule has 0 aromatic carbocycles. The predicted octanol–water partition coefficient (Wildman–Crippen LogP) is 2.76. The third-order valence-electron chi connectivity index (χ3n) is 0.773. The first-order valence-corrected chi connectivity index (χ1v) is 9.03. The van der Waals surface area contributed by atoms with Crippen LogP contribution in [0, 0.1) is 0 Å². The maximum atomic E-state index is 10.9. The third kappa shape index (κ3) is 8.09. The van der Waals surface area contributed by atoms with Gasteiger partial charge in [-0.2, -0.15) is 0 Å². The van der Waals surface area contributed by atoms with Crippen LogP contribution in [0.1, 0.15) is 20.8 Å². The first-order chi connectivity index (χ1) is 6.20. The third-order valence-corrected chi connectivity index (χ3v) is 2.01. The van der Waals surface area contributed by atoms with Crippen molar-refractivity contribution >= 4 is 32.5 Å². The molecule has 0 rings (SSSR count). The van der Waals surface area contributed by atoms with Gasteiger partial charge in [0.05, 0.1) is 0 Å². The van der Waals surface area contributed by atoms with E-state index < -0.39 is 38.1 Å². The Morgan fingerprint density at radius 3 is 1.93 bits per heavy atom. The Labute approximate surface area is 91.0 Å². The van der Waals surface area contributed by atoms with Crippen molar-refractivity contribution in [1.82, 2.24) is 0 Å². The number of hydrogen-bond acceptors (Lipinski definition) is 5. The molecule has 0 saturated carbocycles. The van der Waals surface area contributed by atoms with E-state index in [1.807, 2.05) is 0 Å². The molecule has 0 atom stereocenters. The second-order valence-corrected chi connectivity index (χ2v) is 7.94. The van der Waals surface area contributed by atoms with E-state index in [2.05, 4.69) is 4.74 Å². The fraction of sp³-hybridized carbons (Fsp3) is 0.750. The zero-order valence-corrected chi connectivity index (χ0v) is 11.1. The van der Waals surface area contributed by atoms with Gasteiger partial charge in [0, 0.05) is 0 Å². The summed E-state index contributed by atoms with van der Waals surface area (Å²) < 4.78 is 13.7. The molecular weight excluding hydrogens is 303 g/mol. The second kappa shape index (κ2) is 5.38. The van der Waals surface area contributed by atoms with E-state index in [1.54, 1.807) is 30.6 Å². The van der Waals surface area contributed by atoms with Crippen molar-refractivity contribution in [2.24, 2.45) is 0 Å². The average molecular weight is 318 g/mol. The molecule has 0 saturated heterocycles. The van der Waals surface area contributed by atoms with Crippen LogP contribution >= 0.6 is 20.2 Å². The summed E-state index contributed by atoms with van der Waals surface area (Å²) in [6, 6.07) is 0. The Balaban J connectivity index is 3.90. The van der Waals surface area contributed by atoms with Crippen LogP contribution in [0.25, 0.3) is 0 Å². The summed E-state index contributed by atoms with van der Waals surface area (Å²) in [5.74, 6) is 0. The van der Waals surface area contributed by atoms with Crippen LogP contribution < -0.4 is 0 Å². The van der Waals surface area contributed by atoms with E-state index >= 15 is 0 Å². The number of rotatable bonds is 1. The summed E-state index contributed by atoms with van der Waals surface area (Å²) in [4.78, 5) is 25.4. The predicted molar refractivity (Wildman–Crippen MR) is 59.7 cm³/mol. The van der Waals surface area contributed by atoms with Gasteiger partial charge >= 0.3 is 90.9 Å². The molecule has 0 fully saturated rings. The van der Waals surface area contributed by atoms with Crippen LogP contribution in [0.5, 0.6) is 0 Å². The molecule has 0 aliphatic rings. The Bertz CT molecular complexity index is 218. The zero-order valence-electron chi connectivity index (χ0n) is 8.92. The number of alkyl halides is 2. The first kappa shape index (κ1) is 13.5. The molecule has 6 heteroatoms. The quantitative estimate of drug-likeness (QED) is 0.322. The Hall–Kier alpha value is -0.530. The van der Waals surface area contributed by atoms with E-state index in [1.165, 1.54) is 0 Å². The van der Waals surface area contributed by atoms with Crippen LogP contribution in [0.4, 0.5) is 9.59 Å². The van der Waals surface area contributed by atoms with Gasteiger partial charge in [-0.25, -0.2) is 0 Å². The van der Waals surface area contributed by atoms with E-state index in [0.29, 0.717) is 0 Å². The molecule has 0 unspecified atom stereocenters. The van der Waals surface area contributed by atoms with Crippen LogP contribution in [0.2, 0.25) is 0 Å². The Kier molecular flexibility index (Phi) is 5.17. The van der Waals surface area contributed by atoms with Crippen LogP contribution in [-0.2, 0) is 12.5 Å². The van der Waals surface area contributed by atoms with Gasteiger partial charge < -0.3 is 0 Å². The molecule has 0 amide bonds. The Morgan fingerprint density at radius 1 is 1.07 bits per heavy atom. The van der Waals surface area contributed by atoms with Gasteiger partial charge in [0.2, 0.25) is 0 Å². The van der Waals surface area contributed by atoms with Gasteiger partial charge in [-0.3, -0.25) is 0 Å². The zero-order chi connectivity index (χ0) is 11.4. The molecule has 0 heterocycles. The number of ether oxygens (including phenoxy) is 2. The summed E-state index contributed by atoms with van der Waals surface area (Å²) in [7, 11) is 0. The minimum absolute atomic E-state index is 0.673. The molecule has 0 aromatic heterocycles. The fourth-order valence-corrected chi connectivity index (χ4v) is 1.29. The fourth-order valence-electron chi connectivity index (χ4n) is 0.481. The summed E-state index contributed by atoms with van der Waals surface area (Å²) in [5.41, 5.74) is -0.673. The summed E-state index contributed by atoms with van der Waals surface area (Å²) in [6.45, 7) is 5.04. The van der Waals surface area contributed by atoms with Crippen LogP contribution in [0.15, 0.2) is 0 Å². The van der Waals surface area contributed by atoms with E-state index in [0.717, 1.165) is 0 Å². The van der Waals surface area contributed by atoms with E-state index in [-0.39, 0.29) is 0 Å². The van der Waals surface area contributed by atoms with Crippen molar-refractivity contribution < 1.29 is 22.1 Å². The number of hydrogen-bond donors (Lipinski definition) is 0. The molecule has 0 bridgehead atoms. The van der Waals surface area contributed by atoms with Gasteiger partial charge in [-0.05, 0) is 0 Å². The number of carbonyl (C=O) groups excluding carboxylic acids is 2. The standard InChI is InChI=1S/C8H15IO5/c1-8(2,3)13-6(10)12-7(11)14-9(4)5/h1-5H3. The van der Waals surface area contributed by atoms with Gasteiger partial charge in [-0.15, -0.1) is 0 Å². The van der Waals surface area contributed by atoms with E-state index in [4.69, 9.17) is 7.80 Å². The van der Waals surface area contributed by atoms with Gasteiger partial charge in [0.1, 0.15) is 0 Å². The van der Waals surface area contributed by atoms with Crippen molar-refractivity contribution in [2.75, 3.05) is 9.86 Å². The van der Waals surface area contributed by atoms with Crippen LogP contribution in [0.3, 0.4) is 0 Å². The monoisotopic (exact) mass is 318 g/mol. The second-order valence-electron chi connectivity index (χ2n) is 3.58. The maximum absolute atomic E-state index is 10.9. The number of halogens is 1. The molecule has 14 heavy (non-hydrogen) atoms. The SMILES string of the molecule is CI(C)OC(=O)OC(=O)OC(C)(C)C. The topological polar surface area (TPSA) is 61.8 Å². The van der Waals surface area contributed by atoms with Crippen molar-refractivity contribution in [2.45, 2.75) is 26.4 Å². The Morgan fingerprint density at radius 2 is 1.57 bits per heavy atom. The normalized spacial score (nSPS) is 11.6. The van der Waals surface area contributed by atoms with Gasteiger partial charge in [-0.1, -0.05) is 0 Å². The molecular formula is C8H15IO5. The van der Waals surface area contributed by atoms with E-state index in [9.17, 15) is 9.59 Å². The van der Waals surface area contributed by atoms with Crippen LogP contribution in [-0.4, -0.2) is 27.8 Å². The molecule has 84 valence electrons. The first-order valence-electron chi connectivity index (χ1n) is 3.84. The summed E-state index contributed by atoms with van der Waals surface area (Å²) in [5, 5.41) is 0. The van der Waals surface area contributed by atoms with Crippen molar-refractivity contribution in [3.63, 3.8) is 0 Å². The number of carbonyl (C=O) groups is 2. The van der Waals surface area contributed by atoms with Gasteiger partial charge in [0.15, 0.2) is 0 Å². The van der Waals surface area contributed by atoms with Crippen molar-refractivity contribution in [3.8, 4) is 0 Å². The molecule has 0 aromatic rings. The summed E-state index contributed by atoms with van der Waals surface area (Å²) >= 11 is -1.68. The molecule has 0 N–H and O–H groups in total. The molecule has 0 spiro atoms. The van der Waals surface area contributed by atoms with Gasteiger partial charge in [0.25, 0.3) is 0 Å². The van der Waals surface area contributed by atoms with Crippen molar-refractivity contribution in [3.05, 3.63) is 0 Å². The average Bonchev–Trinajstić information content (AvgIpc) is 1.77. The van der Waals surface area contributed by atoms with Crippen molar-refractivity contribution in [1.29, 1.82) is 0 Å². The summed E-state index contributed by atoms with van der Waals surface area (Å²) in [6.07, 6.45) is -2.00. The molecule has 0 aliphatic carbocycles. The molecule has 5 nitrogen and oxygen atoms in total. The molecule has 0 aliphatic heterocycles.